The molecule has 1 atom stereocenters. The number of benzene rings is 1. The van der Waals surface area contributed by atoms with Crippen LogP contribution < -0.4 is 4.72 Å². The normalized spacial score (nSPS) is 14.1. The molecule has 0 aliphatic carbocycles. The minimum Gasteiger partial charge on any atom is -0.209 e. The van der Waals surface area contributed by atoms with Gasteiger partial charge in [-0.1, -0.05) is 30.7 Å². The summed E-state index contributed by atoms with van der Waals surface area (Å²) in [5.41, 5.74) is 0.795. The van der Waals surface area contributed by atoms with E-state index in [2.05, 4.69) is 4.72 Å². The summed E-state index contributed by atoms with van der Waals surface area (Å²) >= 11 is 5.73. The van der Waals surface area contributed by atoms with Crippen LogP contribution >= 0.6 is 11.6 Å². The lowest BCUT2D eigenvalue weighted by Gasteiger charge is -2.08. The minimum absolute atomic E-state index is 0.0603. The monoisotopic (exact) mass is 273 g/mol. The molecule has 0 aliphatic rings. The van der Waals surface area contributed by atoms with E-state index >= 15 is 0 Å². The van der Waals surface area contributed by atoms with E-state index in [1.165, 1.54) is 5.41 Å². The SMILES string of the molecule is CC[C@@H](C)NS(=O)(=O)/C=C/c1ccc(Cl)cc1. The van der Waals surface area contributed by atoms with E-state index in [1.54, 1.807) is 30.3 Å². The van der Waals surface area contributed by atoms with Crippen molar-refractivity contribution in [3.63, 3.8) is 0 Å². The summed E-state index contributed by atoms with van der Waals surface area (Å²) in [5, 5.41) is 1.80. The Bertz CT molecular complexity index is 480. The third-order valence-corrected chi connectivity index (χ3v) is 3.76. The van der Waals surface area contributed by atoms with Gasteiger partial charge in [0.2, 0.25) is 10.0 Å². The van der Waals surface area contributed by atoms with Crippen LogP contribution in [0.4, 0.5) is 0 Å². The Hall–Kier alpha value is -0.840. The summed E-state index contributed by atoms with van der Waals surface area (Å²) in [4.78, 5) is 0. The van der Waals surface area contributed by atoms with Crippen LogP contribution in [-0.4, -0.2) is 14.5 Å². The molecule has 1 aromatic carbocycles. The maximum atomic E-state index is 11.6. The maximum Gasteiger partial charge on any atom is 0.233 e. The topological polar surface area (TPSA) is 46.2 Å². The van der Waals surface area contributed by atoms with Gasteiger partial charge in [-0.15, -0.1) is 0 Å². The van der Waals surface area contributed by atoms with E-state index < -0.39 is 10.0 Å². The van der Waals surface area contributed by atoms with Gasteiger partial charge in [-0.25, -0.2) is 13.1 Å². The summed E-state index contributed by atoms with van der Waals surface area (Å²) < 4.78 is 25.8. The first-order chi connectivity index (χ1) is 7.93. The molecule has 0 saturated carbocycles. The highest BCUT2D eigenvalue weighted by Gasteiger charge is 2.08. The van der Waals surface area contributed by atoms with E-state index in [4.69, 9.17) is 11.6 Å². The van der Waals surface area contributed by atoms with Gasteiger partial charge in [-0.05, 0) is 37.1 Å². The zero-order valence-electron chi connectivity index (χ0n) is 9.85. The van der Waals surface area contributed by atoms with Crippen LogP contribution in [0.15, 0.2) is 29.7 Å². The number of hydrogen-bond donors (Lipinski definition) is 1. The van der Waals surface area contributed by atoms with E-state index in [9.17, 15) is 8.42 Å². The molecule has 0 spiro atoms. The van der Waals surface area contributed by atoms with Gasteiger partial charge in [0.1, 0.15) is 0 Å². The highest BCUT2D eigenvalue weighted by atomic mass is 35.5. The second-order valence-electron chi connectivity index (χ2n) is 3.83. The average Bonchev–Trinajstić information content (AvgIpc) is 2.28. The first kappa shape index (κ1) is 14.2. The summed E-state index contributed by atoms with van der Waals surface area (Å²) in [5.74, 6) is 0. The Balaban J connectivity index is 2.73. The van der Waals surface area contributed by atoms with Gasteiger partial charge in [0.15, 0.2) is 0 Å². The standard InChI is InChI=1S/C12H16ClNO2S/c1-3-10(2)14-17(15,16)9-8-11-4-6-12(13)7-5-11/h4-10,14H,3H2,1-2H3/b9-8+/t10-/m1/s1. The molecule has 0 amide bonds. The molecular weight excluding hydrogens is 258 g/mol. The second-order valence-corrected chi connectivity index (χ2v) is 5.86. The lowest BCUT2D eigenvalue weighted by Crippen LogP contribution is -2.30. The molecule has 0 fully saturated rings. The number of hydrogen-bond acceptors (Lipinski definition) is 2. The molecule has 0 bridgehead atoms. The molecule has 0 unspecified atom stereocenters. The summed E-state index contributed by atoms with van der Waals surface area (Å²) in [6.07, 6.45) is 2.30. The van der Waals surface area contributed by atoms with Crippen LogP contribution in [0.3, 0.4) is 0 Å². The second kappa shape index (κ2) is 6.19. The van der Waals surface area contributed by atoms with Crippen LogP contribution in [-0.2, 0) is 10.0 Å². The fourth-order valence-corrected chi connectivity index (χ4v) is 2.41. The molecule has 3 nitrogen and oxygen atoms in total. The number of halogens is 1. The van der Waals surface area contributed by atoms with Crippen LogP contribution in [0, 0.1) is 0 Å². The van der Waals surface area contributed by atoms with E-state index in [-0.39, 0.29) is 6.04 Å². The van der Waals surface area contributed by atoms with Crippen molar-refractivity contribution in [2.45, 2.75) is 26.3 Å². The molecule has 5 heteroatoms. The lowest BCUT2D eigenvalue weighted by molar-refractivity contribution is 0.564. The number of sulfonamides is 1. The Morgan fingerprint density at radius 3 is 2.47 bits per heavy atom. The van der Waals surface area contributed by atoms with Crippen LogP contribution in [0.1, 0.15) is 25.8 Å². The molecule has 0 radical (unpaired) electrons. The van der Waals surface area contributed by atoms with Gasteiger partial charge in [0.05, 0.1) is 0 Å². The zero-order chi connectivity index (χ0) is 12.9. The fourth-order valence-electron chi connectivity index (χ4n) is 1.15. The van der Waals surface area contributed by atoms with E-state index in [1.807, 2.05) is 13.8 Å². The predicted molar refractivity (Wildman–Crippen MR) is 72.3 cm³/mol. The summed E-state index contributed by atoms with van der Waals surface area (Å²) in [6.45, 7) is 3.75. The van der Waals surface area contributed by atoms with Crippen LogP contribution in [0.25, 0.3) is 6.08 Å². The first-order valence-electron chi connectivity index (χ1n) is 5.39. The van der Waals surface area contributed by atoms with E-state index in [0.29, 0.717) is 5.02 Å². The minimum atomic E-state index is -3.36. The Morgan fingerprint density at radius 2 is 1.94 bits per heavy atom. The molecule has 1 aromatic rings. The third-order valence-electron chi connectivity index (χ3n) is 2.29. The van der Waals surface area contributed by atoms with Gasteiger partial charge < -0.3 is 0 Å². The lowest BCUT2D eigenvalue weighted by atomic mass is 10.2. The summed E-state index contributed by atoms with van der Waals surface area (Å²) in [6, 6.07) is 6.90. The highest BCUT2D eigenvalue weighted by Crippen LogP contribution is 2.11. The average molecular weight is 274 g/mol. The van der Waals surface area contributed by atoms with Gasteiger partial charge in [-0.3, -0.25) is 0 Å². The molecule has 94 valence electrons. The van der Waals surface area contributed by atoms with Crippen molar-refractivity contribution in [2.75, 3.05) is 0 Å². The van der Waals surface area contributed by atoms with E-state index in [0.717, 1.165) is 12.0 Å². The van der Waals surface area contributed by atoms with Gasteiger partial charge in [0.25, 0.3) is 0 Å². The van der Waals surface area contributed by atoms with Crippen LogP contribution in [0.5, 0.6) is 0 Å². The zero-order valence-corrected chi connectivity index (χ0v) is 11.4. The van der Waals surface area contributed by atoms with Gasteiger partial charge in [0, 0.05) is 16.5 Å². The Morgan fingerprint density at radius 1 is 1.35 bits per heavy atom. The molecule has 1 rings (SSSR count). The molecule has 0 aromatic heterocycles. The molecule has 1 N–H and O–H groups in total. The quantitative estimate of drug-likeness (QED) is 0.896. The van der Waals surface area contributed by atoms with Crippen molar-refractivity contribution in [3.8, 4) is 0 Å². The van der Waals surface area contributed by atoms with Gasteiger partial charge in [-0.2, -0.15) is 0 Å². The highest BCUT2D eigenvalue weighted by molar-refractivity contribution is 7.92. The van der Waals surface area contributed by atoms with Gasteiger partial charge >= 0.3 is 0 Å². The number of rotatable bonds is 5. The van der Waals surface area contributed by atoms with Crippen LogP contribution in [0.2, 0.25) is 5.02 Å². The smallest absolute Gasteiger partial charge is 0.209 e. The van der Waals surface area contributed by atoms with Crippen molar-refractivity contribution in [1.82, 2.24) is 4.72 Å². The Labute approximate surface area is 108 Å². The van der Waals surface area contributed by atoms with Crippen molar-refractivity contribution < 1.29 is 8.42 Å². The van der Waals surface area contributed by atoms with Crippen molar-refractivity contribution in [1.29, 1.82) is 0 Å². The molecular formula is C12H16ClNO2S. The number of nitrogens with one attached hydrogen (secondary N) is 1. The molecule has 0 heterocycles. The molecule has 17 heavy (non-hydrogen) atoms. The summed E-state index contributed by atoms with van der Waals surface area (Å²) in [7, 11) is -3.36. The molecule has 0 saturated heterocycles. The first-order valence-corrected chi connectivity index (χ1v) is 7.31. The van der Waals surface area contributed by atoms with Crippen molar-refractivity contribution in [3.05, 3.63) is 40.3 Å². The fraction of sp³-hybridized carbons (Fsp3) is 0.333. The third kappa shape index (κ3) is 5.35. The maximum absolute atomic E-state index is 11.6. The predicted octanol–water partition coefficient (Wildman–Crippen LogP) is 3.03. The molecule has 0 aliphatic heterocycles. The largest absolute Gasteiger partial charge is 0.233 e. The Kier molecular flexibility index (Phi) is 5.18. The van der Waals surface area contributed by atoms with Crippen molar-refractivity contribution in [2.24, 2.45) is 0 Å². The van der Waals surface area contributed by atoms with Crippen molar-refractivity contribution >= 4 is 27.7 Å².